The lowest BCUT2D eigenvalue weighted by Crippen LogP contribution is -1.91. The molecule has 0 aliphatic rings. The van der Waals surface area contributed by atoms with Gasteiger partial charge in [-0.05, 0) is 82.5 Å². The summed E-state index contributed by atoms with van der Waals surface area (Å²) in [7, 11) is 0. The zero-order chi connectivity index (χ0) is 26.5. The second-order valence-electron chi connectivity index (χ2n) is 10.5. The van der Waals surface area contributed by atoms with Gasteiger partial charge in [-0.15, -0.1) is 0 Å². The highest BCUT2D eigenvalue weighted by molar-refractivity contribution is 6.21. The summed E-state index contributed by atoms with van der Waals surface area (Å²) >= 11 is 0. The predicted octanol–water partition coefficient (Wildman–Crippen LogP) is 11.3. The van der Waals surface area contributed by atoms with Gasteiger partial charge in [0, 0.05) is 0 Å². The first kappa shape index (κ1) is 22.8. The largest absolute Gasteiger partial charge is 0.0622 e. The Morgan fingerprint density at radius 2 is 0.650 bits per heavy atom. The highest BCUT2D eigenvalue weighted by Crippen LogP contribution is 2.44. The van der Waals surface area contributed by atoms with Crippen molar-refractivity contribution in [2.75, 3.05) is 0 Å². The van der Waals surface area contributed by atoms with E-state index in [-0.39, 0.29) is 0 Å². The van der Waals surface area contributed by atoms with Crippen molar-refractivity contribution in [1.29, 1.82) is 0 Å². The van der Waals surface area contributed by atoms with Gasteiger partial charge in [0.05, 0.1) is 0 Å². The summed E-state index contributed by atoms with van der Waals surface area (Å²) in [5.74, 6) is 0. The van der Waals surface area contributed by atoms with E-state index in [1.807, 2.05) is 0 Å². The van der Waals surface area contributed by atoms with E-state index < -0.39 is 0 Å². The van der Waals surface area contributed by atoms with Crippen LogP contribution >= 0.6 is 0 Å². The van der Waals surface area contributed by atoms with Crippen molar-refractivity contribution in [3.05, 3.63) is 158 Å². The second kappa shape index (κ2) is 9.22. The van der Waals surface area contributed by atoms with Crippen molar-refractivity contribution in [2.45, 2.75) is 0 Å². The lowest BCUT2D eigenvalue weighted by Gasteiger charge is -2.18. The molecule has 0 heterocycles. The highest BCUT2D eigenvalue weighted by Gasteiger charge is 2.16. The smallest absolute Gasteiger partial charge is 0.00264 e. The lowest BCUT2D eigenvalue weighted by atomic mass is 9.85. The van der Waals surface area contributed by atoms with E-state index in [2.05, 4.69) is 158 Å². The lowest BCUT2D eigenvalue weighted by molar-refractivity contribution is 1.64. The Labute approximate surface area is 233 Å². The van der Waals surface area contributed by atoms with Crippen molar-refractivity contribution < 1.29 is 0 Å². The Hall–Kier alpha value is -5.20. The fraction of sp³-hybridized carbons (Fsp3) is 0. The van der Waals surface area contributed by atoms with E-state index in [1.165, 1.54) is 76.5 Å². The van der Waals surface area contributed by atoms with Crippen molar-refractivity contribution in [3.8, 4) is 33.4 Å². The maximum atomic E-state index is 2.34. The quantitative estimate of drug-likeness (QED) is 0.165. The first-order valence-corrected chi connectivity index (χ1v) is 13.9. The van der Waals surface area contributed by atoms with Crippen LogP contribution in [0.25, 0.3) is 76.5 Å². The van der Waals surface area contributed by atoms with Crippen LogP contribution in [-0.4, -0.2) is 0 Å². The van der Waals surface area contributed by atoms with Gasteiger partial charge in [-0.25, -0.2) is 0 Å². The molecular formula is C40H26. The maximum absolute atomic E-state index is 2.34. The van der Waals surface area contributed by atoms with Crippen LogP contribution in [0.5, 0.6) is 0 Å². The summed E-state index contributed by atoms with van der Waals surface area (Å²) in [4.78, 5) is 0. The molecule has 0 atom stereocenters. The van der Waals surface area contributed by atoms with E-state index in [1.54, 1.807) is 0 Å². The fourth-order valence-electron chi connectivity index (χ4n) is 6.46. The zero-order valence-electron chi connectivity index (χ0n) is 22.0. The van der Waals surface area contributed by atoms with E-state index in [0.717, 1.165) is 0 Å². The molecule has 8 rings (SSSR count). The number of benzene rings is 8. The summed E-state index contributed by atoms with van der Waals surface area (Å²) in [6, 6.07) is 57.5. The van der Waals surface area contributed by atoms with E-state index in [9.17, 15) is 0 Å². The number of rotatable bonds is 3. The molecule has 0 saturated heterocycles. The summed E-state index contributed by atoms with van der Waals surface area (Å²) < 4.78 is 0. The first-order valence-electron chi connectivity index (χ1n) is 13.9. The normalized spacial score (nSPS) is 11.5. The van der Waals surface area contributed by atoms with Crippen LogP contribution in [0.4, 0.5) is 0 Å². The summed E-state index contributed by atoms with van der Waals surface area (Å²) in [6.07, 6.45) is 0. The molecule has 40 heavy (non-hydrogen) atoms. The van der Waals surface area contributed by atoms with Gasteiger partial charge >= 0.3 is 0 Å². The zero-order valence-corrected chi connectivity index (χ0v) is 22.0. The van der Waals surface area contributed by atoms with Crippen LogP contribution in [0.15, 0.2) is 158 Å². The molecule has 0 bridgehead atoms. The van der Waals surface area contributed by atoms with Gasteiger partial charge < -0.3 is 0 Å². The van der Waals surface area contributed by atoms with Gasteiger partial charge in [-0.2, -0.15) is 0 Å². The Bertz CT molecular complexity index is 2130. The summed E-state index contributed by atoms with van der Waals surface area (Å²) in [5, 5.41) is 10.3. The van der Waals surface area contributed by atoms with Gasteiger partial charge in [0.1, 0.15) is 0 Å². The Morgan fingerprint density at radius 1 is 0.250 bits per heavy atom. The van der Waals surface area contributed by atoms with Gasteiger partial charge in [-0.3, -0.25) is 0 Å². The maximum Gasteiger partial charge on any atom is -0.00264 e. The molecule has 8 aromatic rings. The average Bonchev–Trinajstić information content (AvgIpc) is 3.04. The topological polar surface area (TPSA) is 0 Å². The monoisotopic (exact) mass is 506 g/mol. The van der Waals surface area contributed by atoms with E-state index >= 15 is 0 Å². The molecular weight excluding hydrogens is 480 g/mol. The molecule has 0 amide bonds. The van der Waals surface area contributed by atoms with Crippen LogP contribution in [-0.2, 0) is 0 Å². The molecule has 0 N–H and O–H groups in total. The van der Waals surface area contributed by atoms with Crippen molar-refractivity contribution in [3.63, 3.8) is 0 Å². The molecule has 0 unspecified atom stereocenters. The highest BCUT2D eigenvalue weighted by atomic mass is 14.2. The molecule has 0 heteroatoms. The predicted molar refractivity (Wildman–Crippen MR) is 173 cm³/mol. The van der Waals surface area contributed by atoms with E-state index in [0.29, 0.717) is 0 Å². The third-order valence-electron chi connectivity index (χ3n) is 8.25. The Balaban J connectivity index is 1.36. The molecule has 0 aliphatic heterocycles. The van der Waals surface area contributed by atoms with Gasteiger partial charge in [0.25, 0.3) is 0 Å². The molecule has 0 fully saturated rings. The molecule has 0 saturated carbocycles. The summed E-state index contributed by atoms with van der Waals surface area (Å²) in [6.45, 7) is 0. The third kappa shape index (κ3) is 3.54. The molecule has 186 valence electrons. The van der Waals surface area contributed by atoms with Gasteiger partial charge in [0.15, 0.2) is 0 Å². The fourth-order valence-corrected chi connectivity index (χ4v) is 6.46. The van der Waals surface area contributed by atoms with Crippen LogP contribution in [0.2, 0.25) is 0 Å². The van der Waals surface area contributed by atoms with Crippen LogP contribution < -0.4 is 0 Å². The molecule has 0 spiro atoms. The van der Waals surface area contributed by atoms with Crippen LogP contribution in [0.1, 0.15) is 0 Å². The minimum absolute atomic E-state index is 1.24. The Morgan fingerprint density at radius 3 is 1.23 bits per heavy atom. The van der Waals surface area contributed by atoms with Crippen molar-refractivity contribution >= 4 is 43.1 Å². The third-order valence-corrected chi connectivity index (χ3v) is 8.25. The first-order chi connectivity index (χ1) is 19.9. The molecule has 0 aromatic heterocycles. The summed E-state index contributed by atoms with van der Waals surface area (Å²) in [5.41, 5.74) is 7.59. The van der Waals surface area contributed by atoms with E-state index in [4.69, 9.17) is 0 Å². The van der Waals surface area contributed by atoms with Gasteiger partial charge in [0.2, 0.25) is 0 Å². The van der Waals surface area contributed by atoms with Gasteiger partial charge in [-0.1, -0.05) is 152 Å². The molecule has 0 aliphatic carbocycles. The molecule has 8 aromatic carbocycles. The van der Waals surface area contributed by atoms with Crippen molar-refractivity contribution in [1.82, 2.24) is 0 Å². The number of fused-ring (bicyclic) bond motifs is 5. The molecule has 0 nitrogen and oxygen atoms in total. The second-order valence-corrected chi connectivity index (χ2v) is 10.5. The average molecular weight is 507 g/mol. The Kier molecular flexibility index (Phi) is 5.24. The number of hydrogen-bond acceptors (Lipinski definition) is 0. The van der Waals surface area contributed by atoms with Crippen LogP contribution in [0.3, 0.4) is 0 Å². The SMILES string of the molecule is c1ccc(-c2c3ccccc3c(-c3ccc(-c4cc5ccccc5c5ccccc45)cc3)c3ccccc23)cc1. The standard InChI is InChI=1S/C40H26/c1-2-12-28(13-3-1)39-34-18-8-10-20-36(34)40(37-21-11-9-19-35(37)39)29-24-22-27(23-25-29)38-26-30-14-4-5-15-31(30)32-16-6-7-17-33(32)38/h1-26H. The van der Waals surface area contributed by atoms with Crippen molar-refractivity contribution in [2.24, 2.45) is 0 Å². The molecule has 0 radical (unpaired) electrons. The minimum atomic E-state index is 1.24. The van der Waals surface area contributed by atoms with Crippen LogP contribution in [0, 0.1) is 0 Å². The minimum Gasteiger partial charge on any atom is -0.0622 e. The number of hydrogen-bond donors (Lipinski definition) is 0.